The monoisotopic (exact) mass is 300 g/mol. The molecule has 110 valence electrons. The molecule has 0 bridgehead atoms. The number of likely N-dealkylation sites (tertiary alicyclic amines) is 1. The van der Waals surface area contributed by atoms with Crippen LogP contribution in [0.4, 0.5) is 5.69 Å². The van der Waals surface area contributed by atoms with Gasteiger partial charge in [-0.25, -0.2) is 0 Å². The van der Waals surface area contributed by atoms with Crippen molar-refractivity contribution in [2.24, 2.45) is 0 Å². The van der Waals surface area contributed by atoms with Crippen molar-refractivity contribution in [3.05, 3.63) is 52.2 Å². The van der Waals surface area contributed by atoms with Gasteiger partial charge in [-0.05, 0) is 42.1 Å². The zero-order valence-corrected chi connectivity index (χ0v) is 13.3. The Labute approximate surface area is 129 Å². The molecule has 0 saturated carbocycles. The topological polar surface area (TPSA) is 23.6 Å². The van der Waals surface area contributed by atoms with Crippen LogP contribution in [0.15, 0.2) is 41.8 Å². The van der Waals surface area contributed by atoms with Gasteiger partial charge in [0, 0.05) is 49.2 Å². The number of rotatable bonds is 3. The minimum Gasteiger partial charge on any atom is -0.378 e. The summed E-state index contributed by atoms with van der Waals surface area (Å²) in [6.45, 7) is 1.70. The second kappa shape index (κ2) is 5.90. The van der Waals surface area contributed by atoms with E-state index in [2.05, 4.69) is 17.5 Å². The van der Waals surface area contributed by atoms with Gasteiger partial charge < -0.3 is 9.80 Å². The molecule has 1 atom stereocenters. The molecule has 1 aliphatic rings. The molecule has 0 radical (unpaired) electrons. The number of amides is 1. The van der Waals surface area contributed by atoms with Crippen LogP contribution in [-0.2, 0) is 0 Å². The lowest BCUT2D eigenvalue weighted by Gasteiger charge is -2.17. The third kappa shape index (κ3) is 2.95. The first-order chi connectivity index (χ1) is 10.1. The van der Waals surface area contributed by atoms with Crippen LogP contribution in [0.5, 0.6) is 0 Å². The molecule has 2 aromatic rings. The minimum absolute atomic E-state index is 0.152. The number of carbonyl (C=O) groups excluding carboxylic acids is 1. The van der Waals surface area contributed by atoms with E-state index in [9.17, 15) is 4.79 Å². The minimum atomic E-state index is 0.152. The molecule has 1 aliphatic heterocycles. The van der Waals surface area contributed by atoms with Crippen LogP contribution in [0.1, 0.15) is 27.6 Å². The molecule has 1 saturated heterocycles. The Balaban J connectivity index is 1.68. The van der Waals surface area contributed by atoms with Crippen molar-refractivity contribution in [3.8, 4) is 0 Å². The molecule has 0 spiro atoms. The van der Waals surface area contributed by atoms with E-state index in [1.165, 1.54) is 4.88 Å². The Morgan fingerprint density at radius 2 is 2.00 bits per heavy atom. The molecule has 3 nitrogen and oxygen atoms in total. The number of carbonyl (C=O) groups is 1. The van der Waals surface area contributed by atoms with E-state index >= 15 is 0 Å². The fourth-order valence-electron chi connectivity index (χ4n) is 2.79. The summed E-state index contributed by atoms with van der Waals surface area (Å²) in [6.07, 6.45) is 1.07. The van der Waals surface area contributed by atoms with Crippen molar-refractivity contribution < 1.29 is 4.79 Å². The summed E-state index contributed by atoms with van der Waals surface area (Å²) in [5.74, 6) is 0.661. The quantitative estimate of drug-likeness (QED) is 0.867. The van der Waals surface area contributed by atoms with E-state index in [4.69, 9.17) is 0 Å². The molecule has 21 heavy (non-hydrogen) atoms. The number of benzene rings is 1. The maximum Gasteiger partial charge on any atom is 0.253 e. The summed E-state index contributed by atoms with van der Waals surface area (Å²) >= 11 is 1.79. The number of thiophene rings is 1. The third-order valence-electron chi connectivity index (χ3n) is 4.05. The van der Waals surface area contributed by atoms with E-state index in [1.54, 1.807) is 11.3 Å². The summed E-state index contributed by atoms with van der Waals surface area (Å²) in [5, 5.41) is 2.11. The van der Waals surface area contributed by atoms with Gasteiger partial charge in [-0.15, -0.1) is 11.3 Å². The molecule has 4 heteroatoms. The lowest BCUT2D eigenvalue weighted by atomic mass is 10.1. The molecule has 0 aliphatic carbocycles. The number of nitrogens with zero attached hydrogens (tertiary/aromatic N) is 2. The predicted molar refractivity (Wildman–Crippen MR) is 88.3 cm³/mol. The molecule has 1 aromatic heterocycles. The highest BCUT2D eigenvalue weighted by Crippen LogP contribution is 2.31. The van der Waals surface area contributed by atoms with E-state index in [0.29, 0.717) is 5.92 Å². The zero-order valence-electron chi connectivity index (χ0n) is 12.5. The summed E-state index contributed by atoms with van der Waals surface area (Å²) < 4.78 is 0. The molecule has 2 heterocycles. The number of hydrogen-bond donors (Lipinski definition) is 0. The van der Waals surface area contributed by atoms with Gasteiger partial charge in [0.15, 0.2) is 0 Å². The maximum absolute atomic E-state index is 12.6. The highest BCUT2D eigenvalue weighted by Gasteiger charge is 2.28. The Morgan fingerprint density at radius 1 is 1.24 bits per heavy atom. The summed E-state index contributed by atoms with van der Waals surface area (Å²) in [6, 6.07) is 12.1. The van der Waals surface area contributed by atoms with E-state index in [1.807, 2.05) is 48.2 Å². The predicted octanol–water partition coefficient (Wildman–Crippen LogP) is 3.44. The van der Waals surface area contributed by atoms with Crippen LogP contribution in [0.3, 0.4) is 0 Å². The zero-order chi connectivity index (χ0) is 14.8. The first kappa shape index (κ1) is 14.1. The first-order valence-electron chi connectivity index (χ1n) is 7.25. The first-order valence-corrected chi connectivity index (χ1v) is 8.13. The fraction of sp³-hybridized carbons (Fsp3) is 0.353. The Hall–Kier alpha value is -1.81. The van der Waals surface area contributed by atoms with E-state index < -0.39 is 0 Å². The van der Waals surface area contributed by atoms with Crippen molar-refractivity contribution in [1.29, 1.82) is 0 Å². The molecule has 3 rings (SSSR count). The van der Waals surface area contributed by atoms with Crippen molar-refractivity contribution in [2.45, 2.75) is 12.3 Å². The van der Waals surface area contributed by atoms with Gasteiger partial charge in [0.1, 0.15) is 0 Å². The second-order valence-corrected chi connectivity index (χ2v) is 6.67. The molecule has 0 N–H and O–H groups in total. The van der Waals surface area contributed by atoms with Crippen molar-refractivity contribution in [1.82, 2.24) is 4.90 Å². The van der Waals surface area contributed by atoms with Crippen LogP contribution in [0, 0.1) is 0 Å². The van der Waals surface area contributed by atoms with Crippen LogP contribution in [0.25, 0.3) is 0 Å². The molecular formula is C17H20N2OS. The average Bonchev–Trinajstić information content (AvgIpc) is 3.17. The van der Waals surface area contributed by atoms with Gasteiger partial charge >= 0.3 is 0 Å². The van der Waals surface area contributed by atoms with Crippen molar-refractivity contribution in [2.75, 3.05) is 32.1 Å². The smallest absolute Gasteiger partial charge is 0.253 e. The standard InChI is InChI=1S/C17H20N2OS/c1-18(2)15-7-5-13(6-8-15)17(20)19-10-9-14(12-19)16-4-3-11-21-16/h3-8,11,14H,9-10,12H2,1-2H3. The number of anilines is 1. The van der Waals surface area contributed by atoms with Crippen LogP contribution >= 0.6 is 11.3 Å². The number of hydrogen-bond acceptors (Lipinski definition) is 3. The highest BCUT2D eigenvalue weighted by molar-refractivity contribution is 7.10. The SMILES string of the molecule is CN(C)c1ccc(C(=O)N2CCC(c3cccs3)C2)cc1. The van der Waals surface area contributed by atoms with Crippen LogP contribution in [0.2, 0.25) is 0 Å². The molecule has 1 fully saturated rings. The molecule has 1 aromatic carbocycles. The Morgan fingerprint density at radius 3 is 2.62 bits per heavy atom. The average molecular weight is 300 g/mol. The van der Waals surface area contributed by atoms with E-state index in [0.717, 1.165) is 30.8 Å². The highest BCUT2D eigenvalue weighted by atomic mass is 32.1. The lowest BCUT2D eigenvalue weighted by Crippen LogP contribution is -2.28. The summed E-state index contributed by atoms with van der Waals surface area (Å²) in [5.41, 5.74) is 1.90. The van der Waals surface area contributed by atoms with E-state index in [-0.39, 0.29) is 5.91 Å². The second-order valence-electron chi connectivity index (χ2n) is 5.69. The third-order valence-corrected chi connectivity index (χ3v) is 5.09. The van der Waals surface area contributed by atoms with Gasteiger partial charge in [-0.3, -0.25) is 4.79 Å². The van der Waals surface area contributed by atoms with Gasteiger partial charge in [0.2, 0.25) is 0 Å². The fourth-order valence-corrected chi connectivity index (χ4v) is 3.64. The molecule has 1 amide bonds. The van der Waals surface area contributed by atoms with Gasteiger partial charge in [0.05, 0.1) is 0 Å². The van der Waals surface area contributed by atoms with Crippen molar-refractivity contribution in [3.63, 3.8) is 0 Å². The van der Waals surface area contributed by atoms with Crippen molar-refractivity contribution >= 4 is 22.9 Å². The normalized spacial score (nSPS) is 18.0. The maximum atomic E-state index is 12.6. The van der Waals surface area contributed by atoms with Crippen LogP contribution in [-0.4, -0.2) is 38.0 Å². The summed E-state index contributed by atoms with van der Waals surface area (Å²) in [7, 11) is 4.01. The lowest BCUT2D eigenvalue weighted by molar-refractivity contribution is 0.0791. The Bertz CT molecular complexity index is 604. The van der Waals surface area contributed by atoms with Gasteiger partial charge in [-0.2, -0.15) is 0 Å². The van der Waals surface area contributed by atoms with Gasteiger partial charge in [-0.1, -0.05) is 6.07 Å². The largest absolute Gasteiger partial charge is 0.378 e. The summed E-state index contributed by atoms with van der Waals surface area (Å²) in [4.78, 5) is 18.0. The Kier molecular flexibility index (Phi) is 3.97. The molecular weight excluding hydrogens is 280 g/mol. The van der Waals surface area contributed by atoms with Crippen LogP contribution < -0.4 is 4.90 Å². The van der Waals surface area contributed by atoms with Gasteiger partial charge in [0.25, 0.3) is 5.91 Å². The molecule has 1 unspecified atom stereocenters.